The Labute approximate surface area is 206 Å². The molecule has 9 heteroatoms. The van der Waals surface area contributed by atoms with Gasteiger partial charge in [0.1, 0.15) is 18.1 Å². The summed E-state index contributed by atoms with van der Waals surface area (Å²) < 4.78 is 37.5. The monoisotopic (exact) mass is 499 g/mol. The van der Waals surface area contributed by atoms with Gasteiger partial charge in [0.15, 0.2) is 0 Å². The summed E-state index contributed by atoms with van der Waals surface area (Å²) in [6.45, 7) is 2.18. The largest absolute Gasteiger partial charge is 0.492 e. The molecule has 0 saturated heterocycles. The molecule has 8 nitrogen and oxygen atoms in total. The number of hydrogen-bond acceptors (Lipinski definition) is 6. The van der Waals surface area contributed by atoms with E-state index in [9.17, 15) is 13.5 Å². The fourth-order valence-electron chi connectivity index (χ4n) is 4.99. The minimum atomic E-state index is -3.43. The molecule has 2 aromatic carbocycles. The highest BCUT2D eigenvalue weighted by atomic mass is 32.2. The Hall–Kier alpha value is -2.75. The molecular formula is C26H33N3O5S. The van der Waals surface area contributed by atoms with Crippen LogP contribution in [0.15, 0.2) is 36.4 Å². The van der Waals surface area contributed by atoms with Crippen molar-refractivity contribution in [1.82, 2.24) is 10.3 Å². The SMILES string of the molecule is CS(=O)(=O)N1CCCOc2ccc(C(O)CNCCOc3ccc4c5c([nH]c4c3)CCCC5)cc21. The van der Waals surface area contributed by atoms with Crippen LogP contribution in [0.5, 0.6) is 11.5 Å². The van der Waals surface area contributed by atoms with E-state index in [1.54, 1.807) is 18.2 Å². The van der Waals surface area contributed by atoms with Crippen molar-refractivity contribution in [1.29, 1.82) is 0 Å². The molecular weight excluding hydrogens is 466 g/mol. The van der Waals surface area contributed by atoms with Crippen molar-refractivity contribution in [3.63, 3.8) is 0 Å². The van der Waals surface area contributed by atoms with Crippen LogP contribution in [0, 0.1) is 0 Å². The van der Waals surface area contributed by atoms with Crippen LogP contribution in [0.2, 0.25) is 0 Å². The highest BCUT2D eigenvalue weighted by molar-refractivity contribution is 7.92. The minimum Gasteiger partial charge on any atom is -0.492 e. The van der Waals surface area contributed by atoms with Gasteiger partial charge < -0.3 is 24.9 Å². The van der Waals surface area contributed by atoms with E-state index in [1.807, 2.05) is 6.07 Å². The first-order valence-electron chi connectivity index (χ1n) is 12.3. The van der Waals surface area contributed by atoms with Gasteiger partial charge in [0, 0.05) is 48.7 Å². The minimum absolute atomic E-state index is 0.324. The van der Waals surface area contributed by atoms with Crippen molar-refractivity contribution in [2.24, 2.45) is 0 Å². The number of aromatic amines is 1. The number of nitrogens with zero attached hydrogens (tertiary/aromatic N) is 1. The summed E-state index contributed by atoms with van der Waals surface area (Å²) in [6.07, 6.45) is 5.78. The third-order valence-corrected chi connectivity index (χ3v) is 7.93. The van der Waals surface area contributed by atoms with Gasteiger partial charge in [0.25, 0.3) is 0 Å². The van der Waals surface area contributed by atoms with Crippen LogP contribution >= 0.6 is 0 Å². The Morgan fingerprint density at radius 2 is 2.03 bits per heavy atom. The van der Waals surface area contributed by atoms with Crippen LogP contribution < -0.4 is 19.1 Å². The number of aryl methyl sites for hydroxylation is 2. The number of hydrogen-bond donors (Lipinski definition) is 3. The Morgan fingerprint density at radius 3 is 2.89 bits per heavy atom. The van der Waals surface area contributed by atoms with Gasteiger partial charge in [-0.1, -0.05) is 6.07 Å². The summed E-state index contributed by atoms with van der Waals surface area (Å²) >= 11 is 0. The molecule has 5 rings (SSSR count). The second-order valence-electron chi connectivity index (χ2n) is 9.33. The number of anilines is 1. The Morgan fingerprint density at radius 1 is 1.17 bits per heavy atom. The van der Waals surface area contributed by atoms with Gasteiger partial charge in [-0.15, -0.1) is 0 Å². The molecule has 1 aliphatic carbocycles. The molecule has 0 saturated carbocycles. The number of sulfonamides is 1. The number of H-pyrrole nitrogens is 1. The molecule has 0 amide bonds. The molecule has 3 aromatic rings. The van der Waals surface area contributed by atoms with Crippen LogP contribution in [0.25, 0.3) is 10.9 Å². The fraction of sp³-hybridized carbons (Fsp3) is 0.462. The Kier molecular flexibility index (Phi) is 6.91. The van der Waals surface area contributed by atoms with Crippen LogP contribution in [-0.4, -0.2) is 57.6 Å². The molecule has 3 N–H and O–H groups in total. The maximum absolute atomic E-state index is 12.2. The summed E-state index contributed by atoms with van der Waals surface area (Å²) in [5.41, 5.74) is 5.07. The summed E-state index contributed by atoms with van der Waals surface area (Å²) in [4.78, 5) is 3.55. The number of fused-ring (bicyclic) bond motifs is 4. The fourth-order valence-corrected chi connectivity index (χ4v) is 5.96. The molecule has 188 valence electrons. The van der Waals surface area contributed by atoms with E-state index in [1.165, 1.54) is 40.0 Å². The van der Waals surface area contributed by atoms with E-state index < -0.39 is 16.1 Å². The molecule has 0 bridgehead atoms. The first-order chi connectivity index (χ1) is 16.9. The molecule has 2 heterocycles. The van der Waals surface area contributed by atoms with Crippen molar-refractivity contribution in [2.45, 2.75) is 38.2 Å². The summed E-state index contributed by atoms with van der Waals surface area (Å²) in [7, 11) is -3.43. The Bertz CT molecular complexity index is 1300. The Balaban J connectivity index is 1.15. The zero-order valence-corrected chi connectivity index (χ0v) is 20.9. The zero-order valence-electron chi connectivity index (χ0n) is 20.0. The van der Waals surface area contributed by atoms with Gasteiger partial charge in [-0.05, 0) is 61.1 Å². The van der Waals surface area contributed by atoms with E-state index in [2.05, 4.69) is 22.4 Å². The van der Waals surface area contributed by atoms with E-state index in [-0.39, 0.29) is 0 Å². The average molecular weight is 500 g/mol. The molecule has 0 fully saturated rings. The van der Waals surface area contributed by atoms with Gasteiger partial charge in [0.2, 0.25) is 10.0 Å². The first-order valence-corrected chi connectivity index (χ1v) is 14.1. The van der Waals surface area contributed by atoms with Crippen molar-refractivity contribution in [2.75, 3.05) is 43.4 Å². The van der Waals surface area contributed by atoms with Crippen molar-refractivity contribution in [3.05, 3.63) is 53.2 Å². The lowest BCUT2D eigenvalue weighted by molar-refractivity contribution is 0.172. The molecule has 2 aliphatic rings. The molecule has 0 spiro atoms. The predicted molar refractivity (Wildman–Crippen MR) is 137 cm³/mol. The quantitative estimate of drug-likeness (QED) is 0.411. The van der Waals surface area contributed by atoms with Crippen molar-refractivity contribution >= 4 is 26.6 Å². The molecule has 1 aliphatic heterocycles. The number of aliphatic hydroxyl groups excluding tert-OH is 1. The second-order valence-corrected chi connectivity index (χ2v) is 11.2. The number of aromatic nitrogens is 1. The van der Waals surface area contributed by atoms with Gasteiger partial charge in [0.05, 0.1) is 24.7 Å². The topological polar surface area (TPSA) is 104 Å². The van der Waals surface area contributed by atoms with Gasteiger partial charge >= 0.3 is 0 Å². The van der Waals surface area contributed by atoms with Gasteiger partial charge in [-0.2, -0.15) is 0 Å². The third kappa shape index (κ3) is 5.27. The zero-order chi connectivity index (χ0) is 24.4. The third-order valence-electron chi connectivity index (χ3n) is 6.75. The molecule has 0 radical (unpaired) electrons. The highest BCUT2D eigenvalue weighted by Gasteiger charge is 2.25. The van der Waals surface area contributed by atoms with E-state index in [0.717, 1.165) is 24.1 Å². The standard InChI is InChI=1S/C26H33N3O5S/c1-35(31,32)29-12-4-13-34-26-10-7-18(15-24(26)29)25(30)17-27-11-14-33-19-8-9-21-20-5-2-3-6-22(20)28-23(21)16-19/h7-10,15-16,25,27-28,30H,2-6,11-14,17H2,1H3. The molecule has 1 unspecified atom stereocenters. The summed E-state index contributed by atoms with van der Waals surface area (Å²) in [5.74, 6) is 1.34. The normalized spacial score (nSPS) is 16.8. The number of rotatable bonds is 8. The highest BCUT2D eigenvalue weighted by Crippen LogP contribution is 2.35. The van der Waals surface area contributed by atoms with Crippen molar-refractivity contribution < 1.29 is 23.0 Å². The van der Waals surface area contributed by atoms with Crippen LogP contribution in [0.1, 0.15) is 42.2 Å². The number of nitrogens with one attached hydrogen (secondary N) is 2. The van der Waals surface area contributed by atoms with Crippen LogP contribution in [0.3, 0.4) is 0 Å². The lowest BCUT2D eigenvalue weighted by Crippen LogP contribution is -2.30. The lowest BCUT2D eigenvalue weighted by atomic mass is 9.96. The predicted octanol–water partition coefficient (Wildman–Crippen LogP) is 3.30. The van der Waals surface area contributed by atoms with Gasteiger partial charge in [-0.25, -0.2) is 8.42 Å². The average Bonchev–Trinajstić information content (AvgIpc) is 3.05. The molecule has 35 heavy (non-hydrogen) atoms. The smallest absolute Gasteiger partial charge is 0.232 e. The number of aliphatic hydroxyl groups is 1. The van der Waals surface area contributed by atoms with Crippen LogP contribution in [-0.2, 0) is 22.9 Å². The number of benzene rings is 2. The maximum atomic E-state index is 12.2. The first kappa shape index (κ1) is 24.0. The molecule has 1 atom stereocenters. The van der Waals surface area contributed by atoms with Crippen LogP contribution in [0.4, 0.5) is 5.69 Å². The van der Waals surface area contributed by atoms with E-state index in [0.29, 0.717) is 56.3 Å². The van der Waals surface area contributed by atoms with Gasteiger partial charge in [-0.3, -0.25) is 4.31 Å². The molecule has 1 aromatic heterocycles. The summed E-state index contributed by atoms with van der Waals surface area (Å²) in [5, 5.41) is 15.2. The van der Waals surface area contributed by atoms with E-state index in [4.69, 9.17) is 9.47 Å². The summed E-state index contributed by atoms with van der Waals surface area (Å²) in [6, 6.07) is 11.4. The van der Waals surface area contributed by atoms with E-state index >= 15 is 0 Å². The van der Waals surface area contributed by atoms with Crippen molar-refractivity contribution in [3.8, 4) is 11.5 Å². The second kappa shape index (κ2) is 10.1. The maximum Gasteiger partial charge on any atom is 0.232 e. The lowest BCUT2D eigenvalue weighted by Gasteiger charge is -2.23. The number of ether oxygens (including phenoxy) is 2.